The summed E-state index contributed by atoms with van der Waals surface area (Å²) in [6.07, 6.45) is 1.47. The molecule has 2 aliphatic rings. The number of nitrogens with one attached hydrogen (secondary N) is 1. The lowest BCUT2D eigenvalue weighted by Gasteiger charge is -2.22. The molecule has 1 unspecified atom stereocenters. The molecule has 0 radical (unpaired) electrons. The fourth-order valence-corrected chi connectivity index (χ4v) is 5.74. The molecule has 2 aromatic carbocycles. The molecule has 3 aromatic rings. The summed E-state index contributed by atoms with van der Waals surface area (Å²) in [6, 6.07) is 12.0. The Morgan fingerprint density at radius 3 is 2.51 bits per heavy atom. The van der Waals surface area contributed by atoms with E-state index in [2.05, 4.69) is 15.0 Å². The third-order valence-electron chi connectivity index (χ3n) is 6.50. The van der Waals surface area contributed by atoms with Crippen molar-refractivity contribution >= 4 is 56.5 Å². The van der Waals surface area contributed by atoms with Gasteiger partial charge >= 0.3 is 0 Å². The van der Waals surface area contributed by atoms with E-state index in [0.29, 0.717) is 10.7 Å². The number of carbonyl (C=O) groups is 2. The number of benzene rings is 2. The number of halogens is 1. The molecule has 11 nitrogen and oxygen atoms in total. The SMILES string of the molecule is Cc1ccc(S(=O)(=O)/N=c2\o[n-][n+](C)c2CN2C(=S)N(C3CC3)C(=O)C2CC(=O)Nc2ccc(Cl)cc2)cc1. The van der Waals surface area contributed by atoms with Gasteiger partial charge in [0, 0.05) is 16.8 Å². The van der Waals surface area contributed by atoms with Gasteiger partial charge in [-0.25, -0.2) is 4.68 Å². The minimum atomic E-state index is -4.11. The third kappa shape index (κ3) is 5.75. The van der Waals surface area contributed by atoms with Crippen LogP contribution in [0.3, 0.4) is 0 Å². The van der Waals surface area contributed by atoms with Crippen molar-refractivity contribution in [3.63, 3.8) is 0 Å². The Balaban J connectivity index is 1.43. The monoisotopic (exact) mass is 588 g/mol. The molecule has 1 N–H and O–H groups in total. The van der Waals surface area contributed by atoms with Crippen LogP contribution in [0, 0.1) is 6.92 Å². The number of rotatable bonds is 8. The van der Waals surface area contributed by atoms with Crippen molar-refractivity contribution < 1.29 is 27.2 Å². The average molecular weight is 589 g/mol. The first-order chi connectivity index (χ1) is 18.5. The zero-order chi connectivity index (χ0) is 27.9. The minimum absolute atomic E-state index is 0.00151. The van der Waals surface area contributed by atoms with Crippen molar-refractivity contribution in [3.05, 3.63) is 70.4 Å². The second-order valence-corrected chi connectivity index (χ2v) is 11.9. The lowest BCUT2D eigenvalue weighted by molar-refractivity contribution is -0.752. The predicted molar refractivity (Wildman–Crippen MR) is 144 cm³/mol. The molecule has 1 aliphatic heterocycles. The van der Waals surface area contributed by atoms with E-state index in [1.807, 2.05) is 6.92 Å². The van der Waals surface area contributed by atoms with Crippen LogP contribution in [-0.2, 0) is 33.2 Å². The standard InChI is InChI=1S/C25H25ClN6O5S2/c1-15-3-11-19(12-4-15)39(35,36)28-23-21(30(2)29-37-23)14-31-20(24(34)32(25(31)38)18-9-10-18)13-22(33)27-17-7-5-16(26)6-8-17/h3-8,11-12,18,20H,9-10,13-14H2,1-2H3,(H,27,33)/b28-23-. The summed E-state index contributed by atoms with van der Waals surface area (Å²) < 4.78 is 36.4. The number of hydrogen-bond donors (Lipinski definition) is 1. The van der Waals surface area contributed by atoms with E-state index in [1.165, 1.54) is 16.8 Å². The number of hydrogen-bond acceptors (Lipinski definition) is 6. The largest absolute Gasteiger partial charge is 0.486 e. The van der Waals surface area contributed by atoms with Gasteiger partial charge in [-0.2, -0.15) is 8.42 Å². The van der Waals surface area contributed by atoms with Gasteiger partial charge in [-0.15, -0.1) is 4.40 Å². The van der Waals surface area contributed by atoms with Crippen LogP contribution in [-0.4, -0.2) is 47.2 Å². The summed E-state index contributed by atoms with van der Waals surface area (Å²) in [4.78, 5) is 29.5. The lowest BCUT2D eigenvalue weighted by atomic mass is 10.1. The zero-order valence-corrected chi connectivity index (χ0v) is 23.5. The van der Waals surface area contributed by atoms with Crippen LogP contribution in [0.1, 0.15) is 30.5 Å². The number of aromatic nitrogens is 2. The van der Waals surface area contributed by atoms with E-state index in [9.17, 15) is 18.0 Å². The quantitative estimate of drug-likeness (QED) is 0.311. The van der Waals surface area contributed by atoms with Crippen molar-refractivity contribution in [2.24, 2.45) is 11.4 Å². The normalized spacial score (nSPS) is 18.2. The van der Waals surface area contributed by atoms with E-state index in [0.717, 1.165) is 18.4 Å². The molecule has 1 aliphatic carbocycles. The Bertz CT molecular complexity index is 1610. The van der Waals surface area contributed by atoms with Crippen molar-refractivity contribution in [2.75, 3.05) is 5.32 Å². The minimum Gasteiger partial charge on any atom is -0.486 e. The van der Waals surface area contributed by atoms with Crippen LogP contribution < -0.4 is 20.8 Å². The molecule has 1 saturated heterocycles. The molecule has 204 valence electrons. The molecule has 0 bridgehead atoms. The number of carbonyl (C=O) groups excluding carboxylic acids is 2. The highest BCUT2D eigenvalue weighted by molar-refractivity contribution is 7.90. The molecule has 0 spiro atoms. The summed E-state index contributed by atoms with van der Waals surface area (Å²) >= 11 is 11.6. The number of sulfonamides is 1. The van der Waals surface area contributed by atoms with Crippen molar-refractivity contribution in [1.82, 2.24) is 15.1 Å². The van der Waals surface area contributed by atoms with Crippen molar-refractivity contribution in [2.45, 2.75) is 49.7 Å². The van der Waals surface area contributed by atoms with Crippen LogP contribution in [0.5, 0.6) is 0 Å². The molecule has 39 heavy (non-hydrogen) atoms. The van der Waals surface area contributed by atoms with Gasteiger partial charge in [-0.3, -0.25) is 19.8 Å². The molecule has 2 fully saturated rings. The maximum atomic E-state index is 13.4. The Hall–Kier alpha value is -3.55. The number of aryl methyl sites for hydroxylation is 2. The van der Waals surface area contributed by atoms with E-state index in [4.69, 9.17) is 28.3 Å². The fraction of sp³-hybridized carbons (Fsp3) is 0.320. The summed E-state index contributed by atoms with van der Waals surface area (Å²) in [5, 5.41) is 7.40. The topological polar surface area (TPSA) is 130 Å². The summed E-state index contributed by atoms with van der Waals surface area (Å²) in [5.74, 6) is -0.665. The molecule has 14 heteroatoms. The Labute approximate surface area is 235 Å². The molecular weight excluding hydrogens is 564 g/mol. The van der Waals surface area contributed by atoms with Gasteiger partial charge in [0.25, 0.3) is 27.2 Å². The van der Waals surface area contributed by atoms with Crippen LogP contribution in [0.25, 0.3) is 0 Å². The maximum absolute atomic E-state index is 13.4. The number of nitrogens with zero attached hydrogens (tertiary/aromatic N) is 5. The van der Waals surface area contributed by atoms with Gasteiger partial charge in [0.05, 0.1) is 11.3 Å². The van der Waals surface area contributed by atoms with Crippen LogP contribution >= 0.6 is 23.8 Å². The van der Waals surface area contributed by atoms with Crippen LogP contribution in [0.15, 0.2) is 62.3 Å². The van der Waals surface area contributed by atoms with Crippen LogP contribution in [0.2, 0.25) is 5.02 Å². The maximum Gasteiger partial charge on any atom is 0.289 e. The number of anilines is 1. The highest BCUT2D eigenvalue weighted by atomic mass is 35.5. The van der Waals surface area contributed by atoms with E-state index in [-0.39, 0.29) is 52.1 Å². The smallest absolute Gasteiger partial charge is 0.289 e. The Kier molecular flexibility index (Phi) is 7.31. The molecule has 2 heterocycles. The summed E-state index contributed by atoms with van der Waals surface area (Å²) in [5.41, 5.74) is 1.49. The number of amides is 2. The predicted octanol–water partition coefficient (Wildman–Crippen LogP) is 1.80. The third-order valence-corrected chi connectivity index (χ3v) is 8.46. The van der Waals surface area contributed by atoms with Gasteiger partial charge in [0.15, 0.2) is 5.11 Å². The zero-order valence-electron chi connectivity index (χ0n) is 21.1. The highest BCUT2D eigenvalue weighted by Gasteiger charge is 2.49. The first-order valence-corrected chi connectivity index (χ1v) is 14.3. The van der Waals surface area contributed by atoms with Gasteiger partial charge in [-0.05, 0) is 68.4 Å². The average Bonchev–Trinajstić information content (AvgIpc) is 3.62. The van der Waals surface area contributed by atoms with Crippen molar-refractivity contribution in [3.8, 4) is 0 Å². The second kappa shape index (κ2) is 10.5. The molecule has 5 rings (SSSR count). The molecule has 1 saturated carbocycles. The van der Waals surface area contributed by atoms with E-state index >= 15 is 0 Å². The van der Waals surface area contributed by atoms with Gasteiger partial charge in [0.1, 0.15) is 19.6 Å². The molecular formula is C25H25ClN6O5S2. The van der Waals surface area contributed by atoms with Gasteiger partial charge in [0.2, 0.25) is 5.91 Å². The number of thiocarbonyl (C=S) groups is 1. The highest BCUT2D eigenvalue weighted by Crippen LogP contribution is 2.34. The van der Waals surface area contributed by atoms with E-state index in [1.54, 1.807) is 53.2 Å². The van der Waals surface area contributed by atoms with Crippen molar-refractivity contribution in [1.29, 1.82) is 0 Å². The lowest BCUT2D eigenvalue weighted by Crippen LogP contribution is -2.45. The first-order valence-electron chi connectivity index (χ1n) is 12.1. The molecule has 1 atom stereocenters. The van der Waals surface area contributed by atoms with Gasteiger partial charge < -0.3 is 14.7 Å². The Morgan fingerprint density at radius 2 is 1.87 bits per heavy atom. The fourth-order valence-electron chi connectivity index (χ4n) is 4.24. The Morgan fingerprint density at radius 1 is 1.21 bits per heavy atom. The van der Waals surface area contributed by atoms with E-state index < -0.39 is 16.1 Å². The van der Waals surface area contributed by atoms with Gasteiger partial charge in [-0.1, -0.05) is 29.3 Å². The van der Waals surface area contributed by atoms with Crippen LogP contribution in [0.4, 0.5) is 5.69 Å². The molecule has 2 amide bonds. The second-order valence-electron chi connectivity index (χ2n) is 9.45. The summed E-state index contributed by atoms with van der Waals surface area (Å²) in [7, 11) is -2.54. The summed E-state index contributed by atoms with van der Waals surface area (Å²) in [6.45, 7) is 1.80. The molecule has 1 aromatic heterocycles. The first kappa shape index (κ1) is 27.0.